The molecule has 0 bridgehead atoms. The van der Waals surface area contributed by atoms with Gasteiger partial charge in [-0.3, -0.25) is 4.79 Å². The van der Waals surface area contributed by atoms with Gasteiger partial charge >= 0.3 is 0 Å². The molecule has 0 atom stereocenters. The molecule has 4 aromatic rings. The number of aromatic nitrogens is 5. The standard InChI is InChI=1S/C20H20ClFN4O.C5H6N2/c1-12-13(2)23-18-11-17(25-8-4-3-5-9-25)24-19(26(18)20(12)27)15-7-6-14(21)10-16(15)22;1-5-6-3-2-4-7-5/h6-7,10-11H,3-5,8-9H2,1-2H3;2-4H,1H3. The summed E-state index contributed by atoms with van der Waals surface area (Å²) in [7, 11) is 0. The predicted molar refractivity (Wildman–Crippen MR) is 132 cm³/mol. The van der Waals surface area contributed by atoms with Crippen LogP contribution in [0.5, 0.6) is 0 Å². The molecular weight excluding hydrogens is 455 g/mol. The third-order valence-corrected chi connectivity index (χ3v) is 6.05. The van der Waals surface area contributed by atoms with Crippen molar-refractivity contribution in [2.45, 2.75) is 40.0 Å². The number of fused-ring (bicyclic) bond motifs is 1. The number of hydrogen-bond acceptors (Lipinski definition) is 6. The maximum Gasteiger partial charge on any atom is 0.262 e. The Bertz CT molecular complexity index is 1370. The Kier molecular flexibility index (Phi) is 7.17. The zero-order valence-corrected chi connectivity index (χ0v) is 20.2. The van der Waals surface area contributed by atoms with Crippen LogP contribution in [0, 0.1) is 26.6 Å². The van der Waals surface area contributed by atoms with E-state index in [9.17, 15) is 9.18 Å². The zero-order valence-electron chi connectivity index (χ0n) is 19.4. The van der Waals surface area contributed by atoms with Crippen LogP contribution in [-0.4, -0.2) is 37.4 Å². The quantitative estimate of drug-likeness (QED) is 0.404. The highest BCUT2D eigenvalue weighted by Gasteiger charge is 2.20. The monoisotopic (exact) mass is 480 g/mol. The first kappa shape index (κ1) is 23.8. The van der Waals surface area contributed by atoms with Gasteiger partial charge in [-0.15, -0.1) is 0 Å². The Morgan fingerprint density at radius 3 is 2.29 bits per heavy atom. The van der Waals surface area contributed by atoms with Crippen molar-refractivity contribution in [2.24, 2.45) is 0 Å². The zero-order chi connectivity index (χ0) is 24.2. The Hall–Kier alpha value is -3.39. The molecule has 34 heavy (non-hydrogen) atoms. The van der Waals surface area contributed by atoms with Crippen LogP contribution in [0.1, 0.15) is 36.3 Å². The maximum absolute atomic E-state index is 14.7. The molecule has 5 rings (SSSR count). The molecule has 1 aromatic carbocycles. The van der Waals surface area contributed by atoms with Crippen LogP contribution in [0.4, 0.5) is 10.2 Å². The van der Waals surface area contributed by atoms with Gasteiger partial charge in [-0.05, 0) is 64.3 Å². The van der Waals surface area contributed by atoms with Gasteiger partial charge in [0.05, 0.1) is 5.56 Å². The SMILES string of the molecule is Cc1nc2cc(N3CCCCC3)nc(-c3ccc(Cl)cc3F)n2c(=O)c1C.Cc1ncccn1. The molecule has 9 heteroatoms. The highest BCUT2D eigenvalue weighted by atomic mass is 35.5. The largest absolute Gasteiger partial charge is 0.356 e. The summed E-state index contributed by atoms with van der Waals surface area (Å²) in [5.74, 6) is 1.27. The summed E-state index contributed by atoms with van der Waals surface area (Å²) in [6.45, 7) is 7.17. The van der Waals surface area contributed by atoms with E-state index in [1.54, 1.807) is 44.4 Å². The molecule has 0 spiro atoms. The second kappa shape index (κ2) is 10.3. The average molecular weight is 481 g/mol. The van der Waals surface area contributed by atoms with Crippen molar-refractivity contribution in [3.05, 3.63) is 81.0 Å². The van der Waals surface area contributed by atoms with Crippen molar-refractivity contribution in [3.63, 3.8) is 0 Å². The number of anilines is 1. The minimum atomic E-state index is -0.516. The lowest BCUT2D eigenvalue weighted by Crippen LogP contribution is -2.31. The summed E-state index contributed by atoms with van der Waals surface area (Å²) in [5.41, 5.74) is 1.66. The molecular formula is C25H26ClFN6O. The van der Waals surface area contributed by atoms with Gasteiger partial charge in [-0.1, -0.05) is 11.6 Å². The molecule has 1 fully saturated rings. The molecule has 0 aliphatic carbocycles. The van der Waals surface area contributed by atoms with Gasteiger partial charge in [0.25, 0.3) is 5.56 Å². The van der Waals surface area contributed by atoms with Crippen LogP contribution >= 0.6 is 11.6 Å². The van der Waals surface area contributed by atoms with Crippen LogP contribution in [0.15, 0.2) is 47.5 Å². The summed E-state index contributed by atoms with van der Waals surface area (Å²) < 4.78 is 16.1. The second-order valence-electron chi connectivity index (χ2n) is 8.23. The lowest BCUT2D eigenvalue weighted by molar-refractivity contribution is 0.573. The van der Waals surface area contributed by atoms with Gasteiger partial charge in [0.15, 0.2) is 5.82 Å². The first-order valence-electron chi connectivity index (χ1n) is 11.2. The van der Waals surface area contributed by atoms with Crippen molar-refractivity contribution in [3.8, 4) is 11.4 Å². The number of benzene rings is 1. The summed E-state index contributed by atoms with van der Waals surface area (Å²) in [6, 6.07) is 8.00. The van der Waals surface area contributed by atoms with E-state index >= 15 is 0 Å². The minimum Gasteiger partial charge on any atom is -0.356 e. The van der Waals surface area contributed by atoms with Gasteiger partial charge in [-0.2, -0.15) is 0 Å². The van der Waals surface area contributed by atoms with Crippen molar-refractivity contribution >= 4 is 23.1 Å². The van der Waals surface area contributed by atoms with E-state index in [4.69, 9.17) is 11.6 Å². The van der Waals surface area contributed by atoms with Crippen LogP contribution < -0.4 is 10.5 Å². The van der Waals surface area contributed by atoms with Gasteiger partial charge in [0, 0.05) is 47.8 Å². The molecule has 1 aliphatic heterocycles. The topological polar surface area (TPSA) is 76.3 Å². The summed E-state index contributed by atoms with van der Waals surface area (Å²) >= 11 is 5.90. The van der Waals surface area contributed by atoms with Crippen LogP contribution in [0.2, 0.25) is 5.02 Å². The van der Waals surface area contributed by atoms with Gasteiger partial charge in [0.1, 0.15) is 23.1 Å². The van der Waals surface area contributed by atoms with Gasteiger partial charge < -0.3 is 4.90 Å². The van der Waals surface area contributed by atoms with E-state index in [0.29, 0.717) is 27.7 Å². The number of aryl methyl sites for hydroxylation is 2. The third-order valence-electron chi connectivity index (χ3n) is 5.82. The summed E-state index contributed by atoms with van der Waals surface area (Å²) in [5, 5.41) is 0.297. The normalized spacial score (nSPS) is 13.5. The predicted octanol–water partition coefficient (Wildman–Crippen LogP) is 4.94. The molecule has 7 nitrogen and oxygen atoms in total. The summed E-state index contributed by atoms with van der Waals surface area (Å²) in [6.07, 6.45) is 6.82. The Morgan fingerprint density at radius 2 is 1.68 bits per heavy atom. The molecule has 4 heterocycles. The molecule has 3 aromatic heterocycles. The molecule has 0 N–H and O–H groups in total. The average Bonchev–Trinajstić information content (AvgIpc) is 2.83. The van der Waals surface area contributed by atoms with E-state index in [1.165, 1.54) is 16.9 Å². The summed E-state index contributed by atoms with van der Waals surface area (Å²) in [4.78, 5) is 32.1. The lowest BCUT2D eigenvalue weighted by atomic mass is 10.1. The number of piperidine rings is 1. The van der Waals surface area contributed by atoms with Gasteiger partial charge in [0.2, 0.25) is 0 Å². The van der Waals surface area contributed by atoms with Crippen molar-refractivity contribution in [1.82, 2.24) is 24.3 Å². The molecule has 1 aliphatic rings. The lowest BCUT2D eigenvalue weighted by Gasteiger charge is -2.28. The van der Waals surface area contributed by atoms with E-state index in [1.807, 2.05) is 13.0 Å². The Labute approximate surface area is 202 Å². The van der Waals surface area contributed by atoms with E-state index < -0.39 is 5.82 Å². The molecule has 0 radical (unpaired) electrons. The first-order chi connectivity index (χ1) is 16.3. The van der Waals surface area contributed by atoms with Crippen LogP contribution in [-0.2, 0) is 0 Å². The minimum absolute atomic E-state index is 0.232. The van der Waals surface area contributed by atoms with Gasteiger partial charge in [-0.25, -0.2) is 28.7 Å². The molecule has 1 saturated heterocycles. The van der Waals surface area contributed by atoms with Crippen LogP contribution in [0.3, 0.4) is 0 Å². The fourth-order valence-corrected chi connectivity index (χ4v) is 4.01. The molecule has 0 saturated carbocycles. The van der Waals surface area contributed by atoms with Crippen LogP contribution in [0.25, 0.3) is 17.0 Å². The molecule has 0 unspecified atom stereocenters. The Balaban J connectivity index is 0.000000336. The molecule has 0 amide bonds. The maximum atomic E-state index is 14.7. The number of nitrogens with zero attached hydrogens (tertiary/aromatic N) is 6. The smallest absolute Gasteiger partial charge is 0.262 e. The number of rotatable bonds is 2. The Morgan fingerprint density at radius 1 is 0.971 bits per heavy atom. The van der Waals surface area contributed by atoms with Crippen molar-refractivity contribution in [2.75, 3.05) is 18.0 Å². The van der Waals surface area contributed by atoms with E-state index in [0.717, 1.165) is 31.8 Å². The first-order valence-corrected chi connectivity index (χ1v) is 11.6. The van der Waals surface area contributed by atoms with Crippen molar-refractivity contribution in [1.29, 1.82) is 0 Å². The fraction of sp³-hybridized carbons (Fsp3) is 0.320. The molecule has 176 valence electrons. The number of halogens is 2. The van der Waals surface area contributed by atoms with E-state index in [-0.39, 0.29) is 16.9 Å². The number of hydrogen-bond donors (Lipinski definition) is 0. The van der Waals surface area contributed by atoms with E-state index in [2.05, 4.69) is 24.8 Å². The van der Waals surface area contributed by atoms with Crippen molar-refractivity contribution < 1.29 is 4.39 Å². The second-order valence-corrected chi connectivity index (χ2v) is 8.66. The highest BCUT2D eigenvalue weighted by molar-refractivity contribution is 6.30. The highest BCUT2D eigenvalue weighted by Crippen LogP contribution is 2.27. The third kappa shape index (κ3) is 5.07. The fourth-order valence-electron chi connectivity index (χ4n) is 3.85.